The molecule has 0 radical (unpaired) electrons. The molecule has 0 bridgehead atoms. The van der Waals surface area contributed by atoms with E-state index in [2.05, 4.69) is 46.4 Å². The number of rotatable bonds is 3. The van der Waals surface area contributed by atoms with E-state index in [0.717, 1.165) is 31.2 Å². The summed E-state index contributed by atoms with van der Waals surface area (Å²) < 4.78 is 5.50. The number of nitrogens with zero attached hydrogens (tertiary/aromatic N) is 2. The number of ether oxygens (including phenoxy) is 1. The lowest BCUT2D eigenvalue weighted by Crippen LogP contribution is -2.37. The van der Waals surface area contributed by atoms with Gasteiger partial charge in [-0.3, -0.25) is 4.99 Å². The summed E-state index contributed by atoms with van der Waals surface area (Å²) in [7, 11) is 0. The van der Waals surface area contributed by atoms with Crippen molar-refractivity contribution in [3.05, 3.63) is 29.8 Å². The number of hydrogen-bond donors (Lipinski definition) is 1. The standard InChI is InChI=1S/C15H21N3O/c1-3-19-13-6-4-12(5-7-13)14-8-9-16-15-17-11(2)10-18(14)15/h4-7,11,14H,3,8-10H2,1-2H3,(H,16,17). The van der Waals surface area contributed by atoms with Crippen LogP contribution in [0.1, 0.15) is 31.9 Å². The molecule has 2 unspecified atom stereocenters. The molecule has 0 aromatic heterocycles. The fourth-order valence-electron chi connectivity index (χ4n) is 2.89. The first kappa shape index (κ1) is 12.3. The number of hydrogen-bond acceptors (Lipinski definition) is 4. The van der Waals surface area contributed by atoms with Gasteiger partial charge in [0, 0.05) is 19.1 Å². The van der Waals surface area contributed by atoms with E-state index in [1.807, 2.05) is 6.92 Å². The van der Waals surface area contributed by atoms with Crippen LogP contribution < -0.4 is 10.1 Å². The van der Waals surface area contributed by atoms with Crippen LogP contribution in [-0.2, 0) is 0 Å². The molecule has 4 nitrogen and oxygen atoms in total. The van der Waals surface area contributed by atoms with Crippen LogP contribution in [0, 0.1) is 0 Å². The van der Waals surface area contributed by atoms with Crippen molar-refractivity contribution in [1.82, 2.24) is 10.2 Å². The van der Waals surface area contributed by atoms with Gasteiger partial charge in [-0.2, -0.15) is 0 Å². The molecule has 0 aliphatic carbocycles. The molecule has 4 heteroatoms. The highest BCUT2D eigenvalue weighted by Crippen LogP contribution is 2.30. The second kappa shape index (κ2) is 5.11. The number of aliphatic imine (C=N–C) groups is 1. The third-order valence-electron chi connectivity index (χ3n) is 3.73. The second-order valence-corrected chi connectivity index (χ2v) is 5.21. The van der Waals surface area contributed by atoms with Crippen molar-refractivity contribution in [3.8, 4) is 5.75 Å². The highest BCUT2D eigenvalue weighted by atomic mass is 16.5. The second-order valence-electron chi connectivity index (χ2n) is 5.21. The summed E-state index contributed by atoms with van der Waals surface area (Å²) in [6, 6.07) is 9.43. The lowest BCUT2D eigenvalue weighted by atomic mass is 10.0. The van der Waals surface area contributed by atoms with Crippen molar-refractivity contribution in [3.63, 3.8) is 0 Å². The molecule has 1 aromatic carbocycles. The first-order valence-corrected chi connectivity index (χ1v) is 7.08. The molecule has 0 spiro atoms. The quantitative estimate of drug-likeness (QED) is 0.904. The lowest BCUT2D eigenvalue weighted by Gasteiger charge is -2.32. The summed E-state index contributed by atoms with van der Waals surface area (Å²) in [5, 5.41) is 3.44. The Bertz CT molecular complexity index is 469. The molecule has 1 saturated heterocycles. The van der Waals surface area contributed by atoms with Crippen LogP contribution >= 0.6 is 0 Å². The molecule has 19 heavy (non-hydrogen) atoms. The minimum Gasteiger partial charge on any atom is -0.494 e. The molecular formula is C15H21N3O. The van der Waals surface area contributed by atoms with E-state index in [0.29, 0.717) is 18.7 Å². The van der Waals surface area contributed by atoms with Crippen molar-refractivity contribution in [2.75, 3.05) is 19.7 Å². The predicted molar refractivity (Wildman–Crippen MR) is 76.6 cm³/mol. The van der Waals surface area contributed by atoms with E-state index >= 15 is 0 Å². The van der Waals surface area contributed by atoms with E-state index in [1.165, 1.54) is 5.56 Å². The van der Waals surface area contributed by atoms with Gasteiger partial charge in [-0.25, -0.2) is 0 Å². The van der Waals surface area contributed by atoms with Gasteiger partial charge < -0.3 is 15.0 Å². The first-order valence-electron chi connectivity index (χ1n) is 7.08. The topological polar surface area (TPSA) is 36.9 Å². The van der Waals surface area contributed by atoms with Crippen molar-refractivity contribution in [2.24, 2.45) is 4.99 Å². The largest absolute Gasteiger partial charge is 0.494 e. The molecule has 2 aliphatic rings. The minimum atomic E-state index is 0.445. The molecular weight excluding hydrogens is 238 g/mol. The molecule has 102 valence electrons. The zero-order chi connectivity index (χ0) is 13.2. The zero-order valence-corrected chi connectivity index (χ0v) is 11.6. The van der Waals surface area contributed by atoms with Gasteiger partial charge in [-0.15, -0.1) is 0 Å². The fraction of sp³-hybridized carbons (Fsp3) is 0.533. The van der Waals surface area contributed by atoms with Gasteiger partial charge in [0.25, 0.3) is 0 Å². The summed E-state index contributed by atoms with van der Waals surface area (Å²) in [4.78, 5) is 6.96. The van der Waals surface area contributed by atoms with Gasteiger partial charge in [-0.1, -0.05) is 12.1 Å². The maximum atomic E-state index is 5.50. The van der Waals surface area contributed by atoms with Gasteiger partial charge >= 0.3 is 0 Å². The van der Waals surface area contributed by atoms with E-state index in [4.69, 9.17) is 4.74 Å². The highest BCUT2D eigenvalue weighted by molar-refractivity contribution is 5.83. The average Bonchev–Trinajstić information content (AvgIpc) is 2.80. The third kappa shape index (κ3) is 2.39. The van der Waals surface area contributed by atoms with Gasteiger partial charge in [-0.05, 0) is 38.0 Å². The first-order chi connectivity index (χ1) is 9.28. The van der Waals surface area contributed by atoms with Crippen molar-refractivity contribution in [1.29, 1.82) is 0 Å². The van der Waals surface area contributed by atoms with Crippen LogP contribution in [0.2, 0.25) is 0 Å². The maximum Gasteiger partial charge on any atom is 0.194 e. The molecule has 2 aliphatic heterocycles. The van der Waals surface area contributed by atoms with Crippen LogP contribution in [0.15, 0.2) is 29.3 Å². The van der Waals surface area contributed by atoms with Gasteiger partial charge in [0.05, 0.1) is 12.6 Å². The Hall–Kier alpha value is -1.71. The molecule has 3 rings (SSSR count). The highest BCUT2D eigenvalue weighted by Gasteiger charge is 2.33. The number of fused-ring (bicyclic) bond motifs is 1. The maximum absolute atomic E-state index is 5.50. The third-order valence-corrected chi connectivity index (χ3v) is 3.73. The summed E-state index contributed by atoms with van der Waals surface area (Å²) >= 11 is 0. The SMILES string of the molecule is CCOc1ccc(C2CCN=C3NC(C)CN32)cc1. The molecule has 2 atom stereocenters. The summed E-state index contributed by atoms with van der Waals surface area (Å²) in [5.41, 5.74) is 1.35. The molecule has 0 saturated carbocycles. The summed E-state index contributed by atoms with van der Waals surface area (Å²) in [5.74, 6) is 2.02. The van der Waals surface area contributed by atoms with Crippen LogP contribution in [0.3, 0.4) is 0 Å². The van der Waals surface area contributed by atoms with Crippen molar-refractivity contribution >= 4 is 5.96 Å². The number of guanidine groups is 1. The van der Waals surface area contributed by atoms with E-state index in [-0.39, 0.29) is 0 Å². The Morgan fingerprint density at radius 2 is 2.16 bits per heavy atom. The zero-order valence-electron chi connectivity index (χ0n) is 11.6. The average molecular weight is 259 g/mol. The molecule has 2 heterocycles. The van der Waals surface area contributed by atoms with Gasteiger partial charge in [0.15, 0.2) is 5.96 Å². The Morgan fingerprint density at radius 1 is 1.37 bits per heavy atom. The lowest BCUT2D eigenvalue weighted by molar-refractivity contribution is 0.304. The van der Waals surface area contributed by atoms with E-state index in [1.54, 1.807) is 0 Å². The number of nitrogens with one attached hydrogen (secondary N) is 1. The Morgan fingerprint density at radius 3 is 2.89 bits per heavy atom. The smallest absolute Gasteiger partial charge is 0.194 e. The van der Waals surface area contributed by atoms with Crippen molar-refractivity contribution < 1.29 is 4.74 Å². The monoisotopic (exact) mass is 259 g/mol. The van der Waals surface area contributed by atoms with Crippen LogP contribution in [0.25, 0.3) is 0 Å². The number of benzene rings is 1. The minimum absolute atomic E-state index is 0.445. The predicted octanol–water partition coefficient (Wildman–Crippen LogP) is 2.18. The van der Waals surface area contributed by atoms with Crippen molar-refractivity contribution in [2.45, 2.75) is 32.4 Å². The Balaban J connectivity index is 1.80. The van der Waals surface area contributed by atoms with Gasteiger partial charge in [0.2, 0.25) is 0 Å². The Kier molecular flexibility index (Phi) is 3.32. The van der Waals surface area contributed by atoms with Crippen LogP contribution in [0.5, 0.6) is 5.75 Å². The van der Waals surface area contributed by atoms with E-state index in [9.17, 15) is 0 Å². The molecule has 1 aromatic rings. The van der Waals surface area contributed by atoms with Crippen LogP contribution in [-0.4, -0.2) is 36.6 Å². The molecule has 1 N–H and O–H groups in total. The fourth-order valence-corrected chi connectivity index (χ4v) is 2.89. The Labute approximate surface area is 114 Å². The normalized spacial score (nSPS) is 25.6. The summed E-state index contributed by atoms with van der Waals surface area (Å²) in [6.45, 7) is 6.87. The molecule has 0 amide bonds. The molecule has 1 fully saturated rings. The van der Waals surface area contributed by atoms with Gasteiger partial charge in [0.1, 0.15) is 5.75 Å². The van der Waals surface area contributed by atoms with E-state index < -0.39 is 0 Å². The summed E-state index contributed by atoms with van der Waals surface area (Å²) in [6.07, 6.45) is 1.09. The van der Waals surface area contributed by atoms with Crippen LogP contribution in [0.4, 0.5) is 0 Å².